The van der Waals surface area contributed by atoms with Crippen molar-refractivity contribution in [1.82, 2.24) is 5.32 Å². The number of hydrogen-bond donors (Lipinski definition) is 6. The van der Waals surface area contributed by atoms with Gasteiger partial charge >= 0.3 is 0 Å². The van der Waals surface area contributed by atoms with E-state index in [0.717, 1.165) is 51.4 Å². The number of rotatable bonds is 63. The third-order valence-corrected chi connectivity index (χ3v) is 17.1. The van der Waals surface area contributed by atoms with Gasteiger partial charge in [0.25, 0.3) is 0 Å². The number of nitrogens with one attached hydrogen (secondary N) is 1. The zero-order valence-electron chi connectivity index (χ0n) is 54.5. The van der Waals surface area contributed by atoms with Gasteiger partial charge in [-0.25, -0.2) is 0 Å². The molecule has 486 valence electrons. The molecule has 0 saturated carbocycles. The number of carbonyl (C=O) groups excluding carboxylic acids is 1. The number of allylic oxidation sites excluding steroid dienone is 9. The van der Waals surface area contributed by atoms with Crippen LogP contribution < -0.4 is 5.32 Å². The van der Waals surface area contributed by atoms with Gasteiger partial charge in [-0.2, -0.15) is 0 Å². The molecular formula is C74H137NO8. The van der Waals surface area contributed by atoms with Gasteiger partial charge in [-0.05, 0) is 70.6 Å². The lowest BCUT2D eigenvalue weighted by Crippen LogP contribution is -2.60. The molecule has 1 aliphatic rings. The highest BCUT2D eigenvalue weighted by atomic mass is 16.7. The van der Waals surface area contributed by atoms with Crippen LogP contribution in [0.25, 0.3) is 0 Å². The van der Waals surface area contributed by atoms with Gasteiger partial charge < -0.3 is 40.3 Å². The Morgan fingerprint density at radius 1 is 0.410 bits per heavy atom. The molecule has 1 heterocycles. The van der Waals surface area contributed by atoms with E-state index in [1.807, 2.05) is 6.08 Å². The molecule has 1 fully saturated rings. The van der Waals surface area contributed by atoms with Crippen LogP contribution in [0.5, 0.6) is 0 Å². The third-order valence-electron chi connectivity index (χ3n) is 17.1. The molecule has 0 aromatic carbocycles. The molecule has 1 aliphatic heterocycles. The monoisotopic (exact) mass is 1170 g/mol. The van der Waals surface area contributed by atoms with Crippen LogP contribution in [-0.4, -0.2) is 87.5 Å². The molecule has 1 saturated heterocycles. The normalized spacial score (nSPS) is 18.6. The number of carbonyl (C=O) groups is 1. The van der Waals surface area contributed by atoms with Crippen molar-refractivity contribution < 1.29 is 39.8 Å². The molecule has 9 nitrogen and oxygen atoms in total. The minimum Gasteiger partial charge on any atom is -0.394 e. The summed E-state index contributed by atoms with van der Waals surface area (Å²) >= 11 is 0. The van der Waals surface area contributed by atoms with E-state index in [9.17, 15) is 30.3 Å². The minimum atomic E-state index is -1.58. The number of aliphatic hydroxyl groups is 5. The average molecular weight is 1170 g/mol. The minimum absolute atomic E-state index is 0.186. The van der Waals surface area contributed by atoms with Crippen molar-refractivity contribution in [3.63, 3.8) is 0 Å². The van der Waals surface area contributed by atoms with E-state index < -0.39 is 49.5 Å². The molecule has 7 atom stereocenters. The largest absolute Gasteiger partial charge is 0.394 e. The van der Waals surface area contributed by atoms with Gasteiger partial charge in [-0.1, -0.05) is 331 Å². The second-order valence-electron chi connectivity index (χ2n) is 25.0. The average Bonchev–Trinajstić information content (AvgIpc) is 3.60. The van der Waals surface area contributed by atoms with Crippen LogP contribution in [0, 0.1) is 0 Å². The van der Waals surface area contributed by atoms with E-state index in [1.165, 1.54) is 276 Å². The predicted molar refractivity (Wildman–Crippen MR) is 355 cm³/mol. The molecule has 0 aromatic rings. The molecule has 1 rings (SSSR count). The highest BCUT2D eigenvalue weighted by Gasteiger charge is 2.44. The summed E-state index contributed by atoms with van der Waals surface area (Å²) in [5, 5.41) is 54.8. The Morgan fingerprint density at radius 3 is 1.10 bits per heavy atom. The molecule has 83 heavy (non-hydrogen) atoms. The van der Waals surface area contributed by atoms with Crippen LogP contribution in [0.2, 0.25) is 0 Å². The Bertz CT molecular complexity index is 1500. The molecule has 6 N–H and O–H groups in total. The molecule has 1 amide bonds. The molecule has 0 spiro atoms. The van der Waals surface area contributed by atoms with E-state index in [4.69, 9.17) is 9.47 Å². The Morgan fingerprint density at radius 2 is 0.723 bits per heavy atom. The van der Waals surface area contributed by atoms with Crippen molar-refractivity contribution in [2.45, 2.75) is 391 Å². The van der Waals surface area contributed by atoms with Gasteiger partial charge in [0.2, 0.25) is 5.91 Å². The Labute approximate surface area is 513 Å². The summed E-state index contributed by atoms with van der Waals surface area (Å²) in [5.41, 5.74) is 0. The molecule has 7 unspecified atom stereocenters. The maximum atomic E-state index is 13.1. The van der Waals surface area contributed by atoms with Crippen LogP contribution in [-0.2, 0) is 14.3 Å². The first kappa shape index (κ1) is 78.9. The van der Waals surface area contributed by atoms with Gasteiger partial charge in [0.1, 0.15) is 24.4 Å². The van der Waals surface area contributed by atoms with Crippen molar-refractivity contribution in [3.8, 4) is 0 Å². The van der Waals surface area contributed by atoms with E-state index >= 15 is 0 Å². The second kappa shape index (κ2) is 62.9. The Hall–Kier alpha value is -2.11. The summed E-state index contributed by atoms with van der Waals surface area (Å²) in [6, 6.07) is -0.827. The molecular weight excluding hydrogens is 1030 g/mol. The number of amides is 1. The maximum absolute atomic E-state index is 13.1. The molecule has 0 aromatic heterocycles. The topological polar surface area (TPSA) is 149 Å². The van der Waals surface area contributed by atoms with E-state index in [-0.39, 0.29) is 12.5 Å². The summed E-state index contributed by atoms with van der Waals surface area (Å²) in [4.78, 5) is 13.1. The van der Waals surface area contributed by atoms with E-state index in [1.54, 1.807) is 6.08 Å². The highest BCUT2D eigenvalue weighted by molar-refractivity contribution is 5.76. The van der Waals surface area contributed by atoms with Crippen molar-refractivity contribution >= 4 is 5.91 Å². The van der Waals surface area contributed by atoms with Crippen molar-refractivity contribution in [2.24, 2.45) is 0 Å². The molecule has 0 radical (unpaired) electrons. The summed E-state index contributed by atoms with van der Waals surface area (Å²) in [6.45, 7) is 3.79. The van der Waals surface area contributed by atoms with Gasteiger partial charge in [-0.3, -0.25) is 4.79 Å². The van der Waals surface area contributed by atoms with Gasteiger partial charge in [0.15, 0.2) is 6.29 Å². The first-order valence-corrected chi connectivity index (χ1v) is 36.0. The summed E-state index contributed by atoms with van der Waals surface area (Å²) in [5.74, 6) is -0.186. The van der Waals surface area contributed by atoms with Crippen molar-refractivity contribution in [3.05, 3.63) is 60.8 Å². The number of ether oxygens (including phenoxy) is 2. The van der Waals surface area contributed by atoms with E-state index in [0.29, 0.717) is 6.42 Å². The van der Waals surface area contributed by atoms with Crippen LogP contribution >= 0.6 is 0 Å². The zero-order valence-corrected chi connectivity index (χ0v) is 54.5. The quantitative estimate of drug-likeness (QED) is 0.0261. The van der Waals surface area contributed by atoms with Crippen molar-refractivity contribution in [2.75, 3.05) is 13.2 Å². The second-order valence-corrected chi connectivity index (χ2v) is 25.0. The lowest BCUT2D eigenvalue weighted by molar-refractivity contribution is -0.302. The maximum Gasteiger partial charge on any atom is 0.220 e. The lowest BCUT2D eigenvalue weighted by Gasteiger charge is -2.40. The number of unbranched alkanes of at least 4 members (excludes halogenated alkanes) is 45. The van der Waals surface area contributed by atoms with Gasteiger partial charge in [0, 0.05) is 6.42 Å². The van der Waals surface area contributed by atoms with Crippen LogP contribution in [0.15, 0.2) is 60.8 Å². The zero-order chi connectivity index (χ0) is 60.0. The number of aliphatic hydroxyl groups excluding tert-OH is 5. The smallest absolute Gasteiger partial charge is 0.220 e. The van der Waals surface area contributed by atoms with Crippen LogP contribution in [0.4, 0.5) is 0 Å². The van der Waals surface area contributed by atoms with Gasteiger partial charge in [0.05, 0.1) is 25.4 Å². The fraction of sp³-hybridized carbons (Fsp3) is 0.851. The molecule has 9 heteroatoms. The Kier molecular flexibility index (Phi) is 59.8. The summed E-state index contributed by atoms with van der Waals surface area (Å²) in [6.07, 6.45) is 80.5. The Balaban J connectivity index is 2.14. The molecule has 0 bridgehead atoms. The van der Waals surface area contributed by atoms with Crippen molar-refractivity contribution in [1.29, 1.82) is 0 Å². The first-order valence-electron chi connectivity index (χ1n) is 36.0. The third kappa shape index (κ3) is 51.6. The van der Waals surface area contributed by atoms with Gasteiger partial charge in [-0.15, -0.1) is 0 Å². The fourth-order valence-electron chi connectivity index (χ4n) is 11.4. The fourth-order valence-corrected chi connectivity index (χ4v) is 11.4. The van der Waals surface area contributed by atoms with E-state index in [2.05, 4.69) is 67.8 Å². The number of hydrogen-bond acceptors (Lipinski definition) is 8. The SMILES string of the molecule is CCCCCCC/C=C\C/C=C\C/C=C\CCCCCCCCCCCCCCC(=O)NC(COC1OC(CO)C(O)C(O)C1O)C(O)/C=C/CC/C=C/CCCCCCCCCCCCCCCCCCCCCCCCCCCCC. The van der Waals surface area contributed by atoms with Crippen LogP contribution in [0.1, 0.15) is 348 Å². The lowest BCUT2D eigenvalue weighted by atomic mass is 9.99. The highest BCUT2D eigenvalue weighted by Crippen LogP contribution is 2.23. The summed E-state index contributed by atoms with van der Waals surface area (Å²) < 4.78 is 11.3. The first-order chi connectivity index (χ1) is 40.8. The summed E-state index contributed by atoms with van der Waals surface area (Å²) in [7, 11) is 0. The molecule has 0 aliphatic carbocycles. The van der Waals surface area contributed by atoms with Crippen LogP contribution in [0.3, 0.4) is 0 Å². The standard InChI is InChI=1S/C74H137NO8/c1-3-5-7-9-11-13-15-17-19-21-23-25-27-29-31-32-33-34-35-36-38-39-41-43-45-47-49-51-53-55-57-59-61-63-68(77)67(66-82-74-73(81)72(80)71(79)69(65-76)83-74)75-70(78)64-62-60-58-56-54-52-50-48-46-44-42-40-37-30-28-26-24-22-20-18-16-14-12-10-8-6-4-2/h16,18,22,24,28,30,53,55,61,63,67-69,71-74,76-77,79-81H,3-15,17,19-21,23,25-27,29,31-52,54,56-60,62,64-66H2,1-2H3,(H,75,78)/b18-16-,24-22-,30-28-,55-53+,63-61+. The predicted octanol–water partition coefficient (Wildman–Crippen LogP) is 19.8.